The smallest absolute Gasteiger partial charge is 0.267 e. The van der Waals surface area contributed by atoms with Crippen LogP contribution in [0.25, 0.3) is 0 Å². The van der Waals surface area contributed by atoms with Gasteiger partial charge in [-0.1, -0.05) is 0 Å². The number of benzene rings is 1. The molecule has 0 saturated heterocycles. The lowest BCUT2D eigenvalue weighted by atomic mass is 10.3. The van der Waals surface area contributed by atoms with E-state index < -0.39 is 38.6 Å². The number of hydrogen-bond acceptors (Lipinski definition) is 4. The molecule has 1 aliphatic carbocycles. The molecule has 8 heteroatoms. The van der Waals surface area contributed by atoms with E-state index in [1.165, 1.54) is 6.92 Å². The van der Waals surface area contributed by atoms with Crippen LogP contribution in [-0.4, -0.2) is 27.0 Å². The maximum absolute atomic E-state index is 13.5. The standard InChI is InChI=1S/C13H15F2NO4S/c1-8(20-7-9-2-3-9)13(17)16-21(18,19)12-6-10(14)4-5-11(12)15/h4-6,8-9H,2-3,7H2,1H3,(H,16,17). The fraction of sp³-hybridized carbons (Fsp3) is 0.462. The average molecular weight is 319 g/mol. The molecule has 1 aromatic rings. The Labute approximate surface area is 121 Å². The van der Waals surface area contributed by atoms with Crippen molar-refractivity contribution in [3.63, 3.8) is 0 Å². The van der Waals surface area contributed by atoms with Gasteiger partial charge in [-0.05, 0) is 43.9 Å². The van der Waals surface area contributed by atoms with E-state index in [9.17, 15) is 22.0 Å². The highest BCUT2D eigenvalue weighted by atomic mass is 32.2. The first-order valence-electron chi connectivity index (χ1n) is 6.43. The summed E-state index contributed by atoms with van der Waals surface area (Å²) in [6, 6.07) is 1.99. The molecule has 1 aliphatic rings. The van der Waals surface area contributed by atoms with Crippen molar-refractivity contribution >= 4 is 15.9 Å². The molecule has 1 N–H and O–H groups in total. The number of hydrogen-bond donors (Lipinski definition) is 1. The van der Waals surface area contributed by atoms with E-state index in [0.29, 0.717) is 24.7 Å². The minimum atomic E-state index is -4.48. The number of ether oxygens (including phenoxy) is 1. The zero-order chi connectivity index (χ0) is 15.6. The summed E-state index contributed by atoms with van der Waals surface area (Å²) in [6.07, 6.45) is 1.07. The molecule has 0 heterocycles. The van der Waals surface area contributed by atoms with Gasteiger partial charge in [0.15, 0.2) is 0 Å². The molecule has 0 radical (unpaired) electrons. The van der Waals surface area contributed by atoms with Crippen molar-refractivity contribution in [2.24, 2.45) is 5.92 Å². The predicted molar refractivity (Wildman–Crippen MR) is 69.8 cm³/mol. The second-order valence-corrected chi connectivity index (χ2v) is 6.61. The van der Waals surface area contributed by atoms with E-state index in [1.54, 1.807) is 4.72 Å². The fourth-order valence-electron chi connectivity index (χ4n) is 1.59. The number of amides is 1. The molecule has 21 heavy (non-hydrogen) atoms. The van der Waals surface area contributed by atoms with Crippen molar-refractivity contribution in [3.05, 3.63) is 29.8 Å². The van der Waals surface area contributed by atoms with Gasteiger partial charge in [-0.2, -0.15) is 0 Å². The minimum absolute atomic E-state index is 0.378. The third-order valence-corrected chi connectivity index (χ3v) is 4.43. The lowest BCUT2D eigenvalue weighted by Gasteiger charge is -2.13. The molecule has 0 bridgehead atoms. The van der Waals surface area contributed by atoms with Crippen LogP contribution in [0.1, 0.15) is 19.8 Å². The van der Waals surface area contributed by atoms with Gasteiger partial charge in [-0.3, -0.25) is 4.79 Å². The third kappa shape index (κ3) is 4.21. The highest BCUT2D eigenvalue weighted by Crippen LogP contribution is 2.29. The van der Waals surface area contributed by atoms with Crippen molar-refractivity contribution in [1.82, 2.24) is 4.72 Å². The van der Waals surface area contributed by atoms with E-state index >= 15 is 0 Å². The van der Waals surface area contributed by atoms with E-state index in [2.05, 4.69) is 0 Å². The largest absolute Gasteiger partial charge is 0.368 e. The van der Waals surface area contributed by atoms with E-state index in [-0.39, 0.29) is 0 Å². The molecular formula is C13H15F2NO4S. The molecule has 0 aliphatic heterocycles. The molecule has 0 aromatic heterocycles. The highest BCUT2D eigenvalue weighted by Gasteiger charge is 2.27. The van der Waals surface area contributed by atoms with Gasteiger partial charge in [0.1, 0.15) is 22.6 Å². The second-order valence-electron chi connectivity index (χ2n) is 4.96. The first kappa shape index (κ1) is 15.8. The Kier molecular flexibility index (Phi) is 4.58. The maximum Gasteiger partial charge on any atom is 0.267 e. The van der Waals surface area contributed by atoms with Crippen LogP contribution < -0.4 is 4.72 Å². The molecule has 116 valence electrons. The summed E-state index contributed by atoms with van der Waals surface area (Å²) in [4.78, 5) is 10.8. The Morgan fingerprint density at radius 1 is 1.43 bits per heavy atom. The van der Waals surface area contributed by atoms with Crippen LogP contribution in [0.4, 0.5) is 8.78 Å². The molecule has 2 rings (SSSR count). The number of rotatable bonds is 6. The molecule has 0 spiro atoms. The summed E-state index contributed by atoms with van der Waals surface area (Å²) in [5, 5.41) is 0. The Balaban J connectivity index is 2.05. The average Bonchev–Trinajstić information content (AvgIpc) is 3.22. The molecule has 1 fully saturated rings. The Morgan fingerprint density at radius 2 is 2.10 bits per heavy atom. The van der Waals surface area contributed by atoms with E-state index in [4.69, 9.17) is 4.74 Å². The lowest BCUT2D eigenvalue weighted by Crippen LogP contribution is -2.39. The van der Waals surface area contributed by atoms with Crippen LogP contribution in [0.2, 0.25) is 0 Å². The van der Waals surface area contributed by atoms with Gasteiger partial charge in [0.2, 0.25) is 0 Å². The summed E-state index contributed by atoms with van der Waals surface area (Å²) in [5.74, 6) is -2.55. The number of halogens is 2. The van der Waals surface area contributed by atoms with Crippen molar-refractivity contribution < 1.29 is 26.7 Å². The van der Waals surface area contributed by atoms with E-state index in [0.717, 1.165) is 18.9 Å². The third-order valence-electron chi connectivity index (χ3n) is 3.07. The monoisotopic (exact) mass is 319 g/mol. The normalized spacial score (nSPS) is 16.5. The zero-order valence-corrected chi connectivity index (χ0v) is 12.1. The van der Waals surface area contributed by atoms with Gasteiger partial charge in [-0.25, -0.2) is 21.9 Å². The second kappa shape index (κ2) is 6.07. The minimum Gasteiger partial charge on any atom is -0.368 e. The Morgan fingerprint density at radius 3 is 2.71 bits per heavy atom. The molecule has 1 unspecified atom stereocenters. The van der Waals surface area contributed by atoms with Gasteiger partial charge < -0.3 is 4.74 Å². The lowest BCUT2D eigenvalue weighted by molar-refractivity contribution is -0.130. The zero-order valence-electron chi connectivity index (χ0n) is 11.3. The summed E-state index contributed by atoms with van der Waals surface area (Å²) < 4.78 is 57.1. The molecule has 5 nitrogen and oxygen atoms in total. The first-order valence-corrected chi connectivity index (χ1v) is 7.91. The Bertz CT molecular complexity index is 644. The van der Waals surface area contributed by atoms with Gasteiger partial charge in [0, 0.05) is 0 Å². The van der Waals surface area contributed by atoms with Gasteiger partial charge in [-0.15, -0.1) is 0 Å². The van der Waals surface area contributed by atoms with Crippen LogP contribution in [0.5, 0.6) is 0 Å². The van der Waals surface area contributed by atoms with Crippen molar-refractivity contribution in [1.29, 1.82) is 0 Å². The predicted octanol–water partition coefficient (Wildman–Crippen LogP) is 1.58. The van der Waals surface area contributed by atoms with Crippen LogP contribution >= 0.6 is 0 Å². The number of sulfonamides is 1. The van der Waals surface area contributed by atoms with Gasteiger partial charge in [0.25, 0.3) is 15.9 Å². The number of carbonyl (C=O) groups is 1. The SMILES string of the molecule is CC(OCC1CC1)C(=O)NS(=O)(=O)c1cc(F)ccc1F. The van der Waals surface area contributed by atoms with Crippen molar-refractivity contribution in [2.75, 3.05) is 6.61 Å². The maximum atomic E-state index is 13.5. The number of carbonyl (C=O) groups excluding carboxylic acids is 1. The van der Waals surface area contributed by atoms with Crippen LogP contribution in [0.3, 0.4) is 0 Å². The molecule has 1 saturated carbocycles. The van der Waals surface area contributed by atoms with Gasteiger partial charge in [0.05, 0.1) is 6.61 Å². The molecule has 1 atom stereocenters. The molecular weight excluding hydrogens is 304 g/mol. The van der Waals surface area contributed by atoms with Crippen molar-refractivity contribution in [2.45, 2.75) is 30.8 Å². The highest BCUT2D eigenvalue weighted by molar-refractivity contribution is 7.90. The van der Waals surface area contributed by atoms with Crippen LogP contribution in [0.15, 0.2) is 23.1 Å². The first-order chi connectivity index (χ1) is 9.79. The quantitative estimate of drug-likeness (QED) is 0.864. The summed E-state index contributed by atoms with van der Waals surface area (Å²) in [6.45, 7) is 1.78. The fourth-order valence-corrected chi connectivity index (χ4v) is 2.73. The Hall–Kier alpha value is -1.54. The summed E-state index contributed by atoms with van der Waals surface area (Å²) in [7, 11) is -4.48. The number of nitrogens with one attached hydrogen (secondary N) is 1. The van der Waals surface area contributed by atoms with Gasteiger partial charge >= 0.3 is 0 Å². The topological polar surface area (TPSA) is 72.5 Å². The van der Waals surface area contributed by atoms with Crippen molar-refractivity contribution in [3.8, 4) is 0 Å². The summed E-state index contributed by atoms with van der Waals surface area (Å²) in [5.41, 5.74) is 0. The summed E-state index contributed by atoms with van der Waals surface area (Å²) >= 11 is 0. The molecule has 1 amide bonds. The van der Waals surface area contributed by atoms with Crippen LogP contribution in [-0.2, 0) is 19.6 Å². The molecule has 1 aromatic carbocycles. The van der Waals surface area contributed by atoms with E-state index in [1.807, 2.05) is 0 Å². The van der Waals surface area contributed by atoms with Crippen LogP contribution in [0, 0.1) is 17.6 Å².